The molecular weight excluding hydrogens is 310 g/mol. The van der Waals surface area contributed by atoms with Crippen LogP contribution in [0.1, 0.15) is 6.92 Å². The molecule has 0 radical (unpaired) electrons. The molecule has 0 saturated heterocycles. The standard InChI is InChI=1S/C16H15ClF2N2O/c1-2-21(13-5-3-4-11(18)8-13)10-16(22)20-15-7-6-12(19)9-14(15)17/h3-9H,2,10H2,1H3,(H,20,22). The van der Waals surface area contributed by atoms with E-state index in [0.717, 1.165) is 6.07 Å². The van der Waals surface area contributed by atoms with Crippen LogP contribution in [-0.2, 0) is 4.79 Å². The van der Waals surface area contributed by atoms with Crippen LogP contribution in [0.25, 0.3) is 0 Å². The van der Waals surface area contributed by atoms with Crippen molar-refractivity contribution in [1.29, 1.82) is 0 Å². The Morgan fingerprint density at radius 1 is 1.18 bits per heavy atom. The molecule has 0 unspecified atom stereocenters. The second-order valence-electron chi connectivity index (χ2n) is 4.67. The Kier molecular flexibility index (Phi) is 5.33. The van der Waals surface area contributed by atoms with Crippen LogP contribution < -0.4 is 10.2 Å². The van der Waals surface area contributed by atoms with Crippen LogP contribution in [0.4, 0.5) is 20.2 Å². The zero-order valence-corrected chi connectivity index (χ0v) is 12.7. The first-order valence-corrected chi connectivity index (χ1v) is 7.13. The maximum absolute atomic E-state index is 13.3. The number of anilines is 2. The molecule has 2 aromatic carbocycles. The molecule has 0 atom stereocenters. The van der Waals surface area contributed by atoms with Crippen molar-refractivity contribution in [3.8, 4) is 0 Å². The first-order valence-electron chi connectivity index (χ1n) is 6.75. The number of amides is 1. The SMILES string of the molecule is CCN(CC(=O)Nc1ccc(F)cc1Cl)c1cccc(F)c1. The van der Waals surface area contributed by atoms with Crippen LogP contribution in [0.2, 0.25) is 5.02 Å². The number of carbonyl (C=O) groups is 1. The quantitative estimate of drug-likeness (QED) is 0.898. The van der Waals surface area contributed by atoms with E-state index < -0.39 is 5.82 Å². The number of nitrogens with one attached hydrogen (secondary N) is 1. The molecule has 3 nitrogen and oxygen atoms in total. The minimum absolute atomic E-state index is 0.0354. The lowest BCUT2D eigenvalue weighted by atomic mass is 10.2. The highest BCUT2D eigenvalue weighted by molar-refractivity contribution is 6.33. The van der Waals surface area contributed by atoms with Crippen molar-refractivity contribution in [2.75, 3.05) is 23.3 Å². The molecule has 0 fully saturated rings. The van der Waals surface area contributed by atoms with Gasteiger partial charge in [-0.25, -0.2) is 8.78 Å². The third-order valence-electron chi connectivity index (χ3n) is 3.09. The molecule has 0 aliphatic heterocycles. The zero-order chi connectivity index (χ0) is 16.1. The third-order valence-corrected chi connectivity index (χ3v) is 3.41. The highest BCUT2D eigenvalue weighted by Gasteiger charge is 2.12. The molecule has 0 aliphatic rings. The lowest BCUT2D eigenvalue weighted by Crippen LogP contribution is -2.33. The van der Waals surface area contributed by atoms with E-state index in [4.69, 9.17) is 11.6 Å². The van der Waals surface area contributed by atoms with Crippen molar-refractivity contribution in [3.63, 3.8) is 0 Å². The molecule has 6 heteroatoms. The van der Waals surface area contributed by atoms with Gasteiger partial charge in [0.1, 0.15) is 11.6 Å². The number of likely N-dealkylation sites (N-methyl/N-ethyl adjacent to an activating group) is 1. The summed E-state index contributed by atoms with van der Waals surface area (Å²) in [4.78, 5) is 13.8. The average Bonchev–Trinajstić information content (AvgIpc) is 2.47. The summed E-state index contributed by atoms with van der Waals surface area (Å²) in [5.74, 6) is -1.16. The van der Waals surface area contributed by atoms with E-state index in [1.54, 1.807) is 17.0 Å². The van der Waals surface area contributed by atoms with E-state index in [-0.39, 0.29) is 23.3 Å². The number of carbonyl (C=O) groups excluding carboxylic acids is 1. The summed E-state index contributed by atoms with van der Waals surface area (Å²) < 4.78 is 26.2. The van der Waals surface area contributed by atoms with Crippen molar-refractivity contribution >= 4 is 28.9 Å². The first-order chi connectivity index (χ1) is 10.5. The lowest BCUT2D eigenvalue weighted by molar-refractivity contribution is -0.115. The molecule has 0 heterocycles. The molecule has 1 N–H and O–H groups in total. The fourth-order valence-electron chi connectivity index (χ4n) is 2.01. The van der Waals surface area contributed by atoms with Gasteiger partial charge in [-0.05, 0) is 43.3 Å². The minimum Gasteiger partial charge on any atom is -0.362 e. The fourth-order valence-corrected chi connectivity index (χ4v) is 2.23. The second-order valence-corrected chi connectivity index (χ2v) is 5.07. The molecule has 0 saturated carbocycles. The van der Waals surface area contributed by atoms with Crippen LogP contribution in [0.15, 0.2) is 42.5 Å². The smallest absolute Gasteiger partial charge is 0.243 e. The van der Waals surface area contributed by atoms with Gasteiger partial charge < -0.3 is 10.2 Å². The van der Waals surface area contributed by atoms with Crippen LogP contribution in [0.5, 0.6) is 0 Å². The highest BCUT2D eigenvalue weighted by Crippen LogP contribution is 2.22. The van der Waals surface area contributed by atoms with E-state index in [2.05, 4.69) is 5.32 Å². The van der Waals surface area contributed by atoms with Crippen LogP contribution in [0, 0.1) is 11.6 Å². The first kappa shape index (κ1) is 16.2. The molecule has 0 aromatic heterocycles. The highest BCUT2D eigenvalue weighted by atomic mass is 35.5. The normalized spacial score (nSPS) is 10.4. The van der Waals surface area contributed by atoms with Gasteiger partial charge in [0.2, 0.25) is 5.91 Å². The summed E-state index contributed by atoms with van der Waals surface area (Å²) in [6, 6.07) is 9.76. The topological polar surface area (TPSA) is 32.3 Å². The van der Waals surface area contributed by atoms with Crippen LogP contribution >= 0.6 is 11.6 Å². The van der Waals surface area contributed by atoms with Crippen molar-refractivity contribution in [2.45, 2.75) is 6.92 Å². The zero-order valence-electron chi connectivity index (χ0n) is 11.9. The average molecular weight is 325 g/mol. The van der Waals surface area contributed by atoms with Crippen molar-refractivity contribution < 1.29 is 13.6 Å². The summed E-state index contributed by atoms with van der Waals surface area (Å²) in [7, 11) is 0. The second kappa shape index (κ2) is 7.22. The van der Waals surface area contributed by atoms with Gasteiger partial charge in [0.25, 0.3) is 0 Å². The van der Waals surface area contributed by atoms with E-state index in [9.17, 15) is 13.6 Å². The molecule has 2 rings (SSSR count). The Morgan fingerprint density at radius 2 is 1.91 bits per heavy atom. The van der Waals surface area contributed by atoms with E-state index in [1.807, 2.05) is 6.92 Å². The maximum Gasteiger partial charge on any atom is 0.243 e. The van der Waals surface area contributed by atoms with Gasteiger partial charge in [-0.2, -0.15) is 0 Å². The summed E-state index contributed by atoms with van der Waals surface area (Å²) in [6.45, 7) is 2.44. The number of nitrogens with zero attached hydrogens (tertiary/aromatic N) is 1. The van der Waals surface area contributed by atoms with Crippen molar-refractivity contribution in [1.82, 2.24) is 0 Å². The van der Waals surface area contributed by atoms with E-state index in [1.165, 1.54) is 24.3 Å². The van der Waals surface area contributed by atoms with Gasteiger partial charge in [0.05, 0.1) is 17.3 Å². The van der Waals surface area contributed by atoms with Gasteiger partial charge >= 0.3 is 0 Å². The number of rotatable bonds is 5. The van der Waals surface area contributed by atoms with Crippen LogP contribution in [-0.4, -0.2) is 19.0 Å². The number of benzene rings is 2. The van der Waals surface area contributed by atoms with Gasteiger partial charge in [-0.15, -0.1) is 0 Å². The van der Waals surface area contributed by atoms with Gasteiger partial charge in [-0.1, -0.05) is 17.7 Å². The third kappa shape index (κ3) is 4.18. The summed E-state index contributed by atoms with van der Waals surface area (Å²) >= 11 is 5.86. The Hall–Kier alpha value is -2.14. The molecule has 2 aromatic rings. The number of hydrogen-bond acceptors (Lipinski definition) is 2. The minimum atomic E-state index is -0.474. The summed E-state index contributed by atoms with van der Waals surface area (Å²) in [6.07, 6.45) is 0. The fraction of sp³-hybridized carbons (Fsp3) is 0.188. The predicted octanol–water partition coefficient (Wildman–Crippen LogP) is 4.08. The Labute approximate surface area is 132 Å². The van der Waals surface area contributed by atoms with Gasteiger partial charge in [0.15, 0.2) is 0 Å². The molecule has 0 aliphatic carbocycles. The van der Waals surface area contributed by atoms with E-state index >= 15 is 0 Å². The maximum atomic E-state index is 13.3. The van der Waals surface area contributed by atoms with Gasteiger partial charge in [-0.3, -0.25) is 4.79 Å². The van der Waals surface area contributed by atoms with Crippen molar-refractivity contribution in [3.05, 3.63) is 59.1 Å². The Morgan fingerprint density at radius 3 is 2.55 bits per heavy atom. The molecule has 0 spiro atoms. The molecule has 116 valence electrons. The Bertz CT molecular complexity index is 679. The lowest BCUT2D eigenvalue weighted by Gasteiger charge is -2.22. The number of hydrogen-bond donors (Lipinski definition) is 1. The number of halogens is 3. The Balaban J connectivity index is 2.06. The summed E-state index contributed by atoms with van der Waals surface area (Å²) in [5, 5.41) is 2.74. The largest absolute Gasteiger partial charge is 0.362 e. The van der Waals surface area contributed by atoms with Crippen LogP contribution in [0.3, 0.4) is 0 Å². The molecule has 0 bridgehead atoms. The monoisotopic (exact) mass is 324 g/mol. The molecule has 1 amide bonds. The van der Waals surface area contributed by atoms with E-state index in [0.29, 0.717) is 17.9 Å². The molecular formula is C16H15ClF2N2O. The molecule has 22 heavy (non-hydrogen) atoms. The summed E-state index contributed by atoms with van der Waals surface area (Å²) in [5.41, 5.74) is 0.950. The van der Waals surface area contributed by atoms with Gasteiger partial charge in [0, 0.05) is 12.2 Å². The predicted molar refractivity (Wildman–Crippen MR) is 84.3 cm³/mol. The van der Waals surface area contributed by atoms with Crippen molar-refractivity contribution in [2.24, 2.45) is 0 Å².